The lowest BCUT2D eigenvalue weighted by molar-refractivity contribution is -0.147. The fourth-order valence-corrected chi connectivity index (χ4v) is 0.594. The van der Waals surface area contributed by atoms with Crippen LogP contribution in [0.4, 0.5) is 0 Å². The van der Waals surface area contributed by atoms with Crippen molar-refractivity contribution in [3.8, 4) is 0 Å². The molecule has 0 aliphatic rings. The first-order valence-corrected chi connectivity index (χ1v) is 4.00. The summed E-state index contributed by atoms with van der Waals surface area (Å²) in [5.74, 6) is -0.248. The molecule has 1 unspecified atom stereocenters. The third-order valence-electron chi connectivity index (χ3n) is 1.52. The summed E-state index contributed by atoms with van der Waals surface area (Å²) < 4.78 is 9.53. The van der Waals surface area contributed by atoms with Gasteiger partial charge in [0.2, 0.25) is 0 Å². The second-order valence-electron chi connectivity index (χ2n) is 2.93. The van der Waals surface area contributed by atoms with Gasteiger partial charge in [-0.05, 0) is 5.92 Å². The molecule has 4 nitrogen and oxygen atoms in total. The van der Waals surface area contributed by atoms with Crippen molar-refractivity contribution in [1.29, 1.82) is 0 Å². The van der Waals surface area contributed by atoms with Gasteiger partial charge in [-0.15, -0.1) is 0 Å². The Labute approximate surface area is 73.0 Å². The van der Waals surface area contributed by atoms with Crippen molar-refractivity contribution < 1.29 is 14.3 Å². The van der Waals surface area contributed by atoms with E-state index >= 15 is 0 Å². The SMILES string of the molecule is COCCOC(=O)C(N)C(C)C. The van der Waals surface area contributed by atoms with Gasteiger partial charge in [-0.2, -0.15) is 0 Å². The van der Waals surface area contributed by atoms with Crippen LogP contribution in [0.2, 0.25) is 0 Å². The molecule has 0 heterocycles. The maximum atomic E-state index is 11.1. The van der Waals surface area contributed by atoms with E-state index in [2.05, 4.69) is 0 Å². The van der Waals surface area contributed by atoms with Crippen molar-refractivity contribution >= 4 is 5.97 Å². The largest absolute Gasteiger partial charge is 0.462 e. The van der Waals surface area contributed by atoms with Crippen LogP contribution in [0, 0.1) is 5.92 Å². The Kier molecular flexibility index (Phi) is 5.66. The first kappa shape index (κ1) is 11.4. The van der Waals surface area contributed by atoms with Crippen LogP contribution in [0.1, 0.15) is 13.8 Å². The Balaban J connectivity index is 3.57. The minimum atomic E-state index is -0.526. The molecule has 72 valence electrons. The molecule has 0 bridgehead atoms. The summed E-state index contributed by atoms with van der Waals surface area (Å²) in [6.07, 6.45) is 0. The molecule has 0 aromatic rings. The predicted octanol–water partition coefficient (Wildman–Crippen LogP) is 0.159. The van der Waals surface area contributed by atoms with Gasteiger partial charge < -0.3 is 15.2 Å². The number of rotatable bonds is 5. The monoisotopic (exact) mass is 175 g/mol. The lowest BCUT2D eigenvalue weighted by atomic mass is 10.1. The van der Waals surface area contributed by atoms with E-state index in [0.29, 0.717) is 6.61 Å². The molecule has 0 aromatic carbocycles. The van der Waals surface area contributed by atoms with Crippen molar-refractivity contribution in [3.05, 3.63) is 0 Å². The standard InChI is InChI=1S/C8H17NO3/c1-6(2)7(9)8(10)12-5-4-11-3/h6-7H,4-5,9H2,1-3H3. The normalized spacial score (nSPS) is 13.1. The summed E-state index contributed by atoms with van der Waals surface area (Å²) in [4.78, 5) is 11.1. The minimum Gasteiger partial charge on any atom is -0.462 e. The number of carbonyl (C=O) groups excluding carboxylic acids is 1. The second kappa shape index (κ2) is 5.97. The van der Waals surface area contributed by atoms with Crippen LogP contribution in [-0.2, 0) is 14.3 Å². The number of carbonyl (C=O) groups is 1. The van der Waals surface area contributed by atoms with Crippen LogP contribution in [0.3, 0.4) is 0 Å². The fourth-order valence-electron chi connectivity index (χ4n) is 0.594. The van der Waals surface area contributed by atoms with E-state index in [1.807, 2.05) is 13.8 Å². The molecule has 0 radical (unpaired) electrons. The van der Waals surface area contributed by atoms with Gasteiger partial charge in [0.1, 0.15) is 12.6 Å². The molecule has 0 saturated carbocycles. The zero-order chi connectivity index (χ0) is 9.56. The molecule has 12 heavy (non-hydrogen) atoms. The van der Waals surface area contributed by atoms with Crippen LogP contribution in [0.25, 0.3) is 0 Å². The van der Waals surface area contributed by atoms with Gasteiger partial charge in [-0.25, -0.2) is 0 Å². The molecule has 0 aliphatic heterocycles. The molecule has 4 heteroatoms. The Bertz CT molecular complexity index is 136. The number of esters is 1. The van der Waals surface area contributed by atoms with E-state index in [9.17, 15) is 4.79 Å². The van der Waals surface area contributed by atoms with Crippen molar-refractivity contribution in [2.45, 2.75) is 19.9 Å². The summed E-state index contributed by atoms with van der Waals surface area (Å²) >= 11 is 0. The van der Waals surface area contributed by atoms with Gasteiger partial charge in [-0.3, -0.25) is 4.79 Å². The van der Waals surface area contributed by atoms with Crippen LogP contribution in [-0.4, -0.2) is 32.3 Å². The number of nitrogens with two attached hydrogens (primary N) is 1. The second-order valence-corrected chi connectivity index (χ2v) is 2.93. The van der Waals surface area contributed by atoms with Crippen molar-refractivity contribution in [2.75, 3.05) is 20.3 Å². The number of hydrogen-bond acceptors (Lipinski definition) is 4. The average Bonchev–Trinajstić information content (AvgIpc) is 2.03. The zero-order valence-corrected chi connectivity index (χ0v) is 7.87. The number of hydrogen-bond donors (Lipinski definition) is 1. The number of ether oxygens (including phenoxy) is 2. The smallest absolute Gasteiger partial charge is 0.323 e. The Morgan fingerprint density at radius 1 is 1.42 bits per heavy atom. The quantitative estimate of drug-likeness (QED) is 0.477. The molecule has 0 amide bonds. The Morgan fingerprint density at radius 2 is 2.00 bits per heavy atom. The van der Waals surface area contributed by atoms with Crippen LogP contribution < -0.4 is 5.73 Å². The first-order valence-electron chi connectivity index (χ1n) is 4.00. The lowest BCUT2D eigenvalue weighted by Crippen LogP contribution is -2.37. The fraction of sp³-hybridized carbons (Fsp3) is 0.875. The van der Waals surface area contributed by atoms with E-state index < -0.39 is 6.04 Å². The molecule has 0 rings (SSSR count). The van der Waals surface area contributed by atoms with Crippen LogP contribution in [0.15, 0.2) is 0 Å². The van der Waals surface area contributed by atoms with E-state index in [-0.39, 0.29) is 18.5 Å². The first-order chi connectivity index (χ1) is 5.59. The highest BCUT2D eigenvalue weighted by Gasteiger charge is 2.18. The van der Waals surface area contributed by atoms with Gasteiger partial charge in [0.05, 0.1) is 6.61 Å². The van der Waals surface area contributed by atoms with Crippen LogP contribution in [0.5, 0.6) is 0 Å². The molecule has 0 saturated heterocycles. The third kappa shape index (κ3) is 4.31. The lowest BCUT2D eigenvalue weighted by Gasteiger charge is -2.13. The molecule has 2 N–H and O–H groups in total. The third-order valence-corrected chi connectivity index (χ3v) is 1.52. The van der Waals surface area contributed by atoms with Gasteiger partial charge >= 0.3 is 5.97 Å². The molecule has 0 aromatic heterocycles. The minimum absolute atomic E-state index is 0.111. The van der Waals surface area contributed by atoms with E-state index in [4.69, 9.17) is 15.2 Å². The maximum absolute atomic E-state index is 11.1. The summed E-state index contributed by atoms with van der Waals surface area (Å²) in [5.41, 5.74) is 5.53. The van der Waals surface area contributed by atoms with E-state index in [1.54, 1.807) is 7.11 Å². The maximum Gasteiger partial charge on any atom is 0.323 e. The van der Waals surface area contributed by atoms with E-state index in [1.165, 1.54) is 0 Å². The van der Waals surface area contributed by atoms with Crippen molar-refractivity contribution in [2.24, 2.45) is 11.7 Å². The van der Waals surface area contributed by atoms with Gasteiger partial charge in [0.25, 0.3) is 0 Å². The van der Waals surface area contributed by atoms with Gasteiger partial charge in [0, 0.05) is 7.11 Å². The molecular weight excluding hydrogens is 158 g/mol. The van der Waals surface area contributed by atoms with E-state index in [0.717, 1.165) is 0 Å². The highest BCUT2D eigenvalue weighted by atomic mass is 16.6. The predicted molar refractivity (Wildman–Crippen MR) is 45.6 cm³/mol. The molecule has 0 aliphatic carbocycles. The highest BCUT2D eigenvalue weighted by molar-refractivity contribution is 5.75. The summed E-state index contributed by atoms with van der Waals surface area (Å²) in [5, 5.41) is 0. The highest BCUT2D eigenvalue weighted by Crippen LogP contribution is 1.99. The van der Waals surface area contributed by atoms with Crippen molar-refractivity contribution in [1.82, 2.24) is 0 Å². The van der Waals surface area contributed by atoms with Crippen molar-refractivity contribution in [3.63, 3.8) is 0 Å². The molecule has 0 fully saturated rings. The zero-order valence-electron chi connectivity index (χ0n) is 7.87. The summed E-state index contributed by atoms with van der Waals surface area (Å²) in [6, 6.07) is -0.526. The van der Waals surface area contributed by atoms with Gasteiger partial charge in [-0.1, -0.05) is 13.8 Å². The van der Waals surface area contributed by atoms with Gasteiger partial charge in [0.15, 0.2) is 0 Å². The summed E-state index contributed by atoms with van der Waals surface area (Å²) in [7, 11) is 1.55. The summed E-state index contributed by atoms with van der Waals surface area (Å²) in [6.45, 7) is 4.44. The Morgan fingerprint density at radius 3 is 2.42 bits per heavy atom. The topological polar surface area (TPSA) is 61.5 Å². The van der Waals surface area contributed by atoms with Crippen LogP contribution >= 0.6 is 0 Å². The Hall–Kier alpha value is -0.610. The molecule has 1 atom stereocenters. The average molecular weight is 175 g/mol. The number of methoxy groups -OCH3 is 1. The molecule has 0 spiro atoms. The molecular formula is C8H17NO3.